The van der Waals surface area contributed by atoms with Crippen molar-refractivity contribution < 1.29 is 9.72 Å². The summed E-state index contributed by atoms with van der Waals surface area (Å²) >= 11 is 4.62. The number of pyridine rings is 1. The number of hydrogen-bond donors (Lipinski definition) is 1. The molecule has 0 spiro atoms. The molecule has 9 heteroatoms. The van der Waals surface area contributed by atoms with Crippen molar-refractivity contribution in [2.75, 3.05) is 5.32 Å². The van der Waals surface area contributed by atoms with E-state index < -0.39 is 10.2 Å². The van der Waals surface area contributed by atoms with E-state index in [0.717, 1.165) is 21.2 Å². The van der Waals surface area contributed by atoms with Crippen molar-refractivity contribution in [3.05, 3.63) is 105 Å². The number of aryl methyl sites for hydroxylation is 1. The first-order valence-corrected chi connectivity index (χ1v) is 12.9. The number of hydrogen-bond acceptors (Lipinski definition) is 6. The maximum Gasteiger partial charge on any atom is 0.274 e. The maximum atomic E-state index is 13.0. The molecule has 0 saturated carbocycles. The van der Waals surface area contributed by atoms with Gasteiger partial charge in [-0.15, -0.1) is 0 Å². The summed E-state index contributed by atoms with van der Waals surface area (Å²) in [5.41, 5.74) is 4.28. The lowest BCUT2D eigenvalue weighted by molar-refractivity contribution is -0.385. The first kappa shape index (κ1) is 26.1. The second-order valence-corrected chi connectivity index (χ2v) is 10.5. The number of carbonyl (C=O) groups excluding carboxylic acids is 1. The number of nitriles is 1. The molecule has 4 rings (SSSR count). The summed E-state index contributed by atoms with van der Waals surface area (Å²) in [6, 6.07) is 26.0. The van der Waals surface area contributed by atoms with Crippen LogP contribution in [0.3, 0.4) is 0 Å². The molecule has 7 nitrogen and oxygen atoms in total. The largest absolute Gasteiger partial charge is 0.325 e. The predicted molar refractivity (Wildman–Crippen MR) is 149 cm³/mol. The van der Waals surface area contributed by atoms with Gasteiger partial charge in [0.2, 0.25) is 5.91 Å². The molecular formula is C28H21BrN4O3S. The second kappa shape index (κ2) is 11.4. The zero-order valence-corrected chi connectivity index (χ0v) is 22.3. The lowest BCUT2D eigenvalue weighted by Gasteiger charge is -2.16. The number of nitrogens with zero attached hydrogens (tertiary/aromatic N) is 3. The van der Waals surface area contributed by atoms with Crippen molar-refractivity contribution in [1.82, 2.24) is 4.98 Å². The van der Waals surface area contributed by atoms with Gasteiger partial charge in [0, 0.05) is 32.9 Å². The number of amides is 1. The number of anilines is 1. The molecule has 1 atom stereocenters. The minimum Gasteiger partial charge on any atom is -0.325 e. The van der Waals surface area contributed by atoms with Crippen LogP contribution < -0.4 is 5.32 Å². The molecule has 0 bridgehead atoms. The van der Waals surface area contributed by atoms with E-state index in [4.69, 9.17) is 4.98 Å². The Morgan fingerprint density at radius 2 is 1.78 bits per heavy atom. The lowest BCUT2D eigenvalue weighted by atomic mass is 9.99. The van der Waals surface area contributed by atoms with Gasteiger partial charge in [-0.25, -0.2) is 4.98 Å². The summed E-state index contributed by atoms with van der Waals surface area (Å²) in [5.74, 6) is -0.357. The van der Waals surface area contributed by atoms with Gasteiger partial charge < -0.3 is 5.32 Å². The van der Waals surface area contributed by atoms with Crippen LogP contribution in [0.1, 0.15) is 18.1 Å². The zero-order valence-electron chi connectivity index (χ0n) is 19.9. The van der Waals surface area contributed by atoms with Gasteiger partial charge in [0.05, 0.1) is 21.4 Å². The van der Waals surface area contributed by atoms with Gasteiger partial charge >= 0.3 is 0 Å². The van der Waals surface area contributed by atoms with Crippen molar-refractivity contribution in [3.63, 3.8) is 0 Å². The third kappa shape index (κ3) is 6.05. The molecule has 1 heterocycles. The molecule has 184 valence electrons. The first-order valence-electron chi connectivity index (χ1n) is 11.3. The number of halogens is 1. The number of nitrogens with one attached hydrogen (secondary N) is 1. The van der Waals surface area contributed by atoms with Crippen molar-refractivity contribution >= 4 is 45.0 Å². The normalized spacial score (nSPS) is 11.4. The lowest BCUT2D eigenvalue weighted by Crippen LogP contribution is -2.22. The second-order valence-electron chi connectivity index (χ2n) is 8.23. The molecule has 0 saturated heterocycles. The highest BCUT2D eigenvalue weighted by Gasteiger charge is 2.22. The van der Waals surface area contributed by atoms with Crippen LogP contribution in [0.25, 0.3) is 22.4 Å². The van der Waals surface area contributed by atoms with E-state index >= 15 is 0 Å². The fraction of sp³-hybridized carbons (Fsp3) is 0.107. The molecule has 1 amide bonds. The van der Waals surface area contributed by atoms with Crippen LogP contribution in [0.15, 0.2) is 88.4 Å². The van der Waals surface area contributed by atoms with Gasteiger partial charge in [-0.3, -0.25) is 14.9 Å². The highest BCUT2D eigenvalue weighted by Crippen LogP contribution is 2.36. The van der Waals surface area contributed by atoms with E-state index in [-0.39, 0.29) is 11.6 Å². The molecule has 37 heavy (non-hydrogen) atoms. The predicted octanol–water partition coefficient (Wildman–Crippen LogP) is 7.39. The smallest absolute Gasteiger partial charge is 0.274 e. The molecule has 0 unspecified atom stereocenters. The summed E-state index contributed by atoms with van der Waals surface area (Å²) in [5, 5.41) is 23.9. The van der Waals surface area contributed by atoms with E-state index in [1.165, 1.54) is 17.8 Å². The van der Waals surface area contributed by atoms with Gasteiger partial charge in [0.25, 0.3) is 5.69 Å². The molecule has 0 aliphatic carbocycles. The third-order valence-electron chi connectivity index (χ3n) is 5.65. The quantitative estimate of drug-likeness (QED) is 0.140. The monoisotopic (exact) mass is 572 g/mol. The van der Waals surface area contributed by atoms with Crippen molar-refractivity contribution in [3.8, 4) is 28.5 Å². The summed E-state index contributed by atoms with van der Waals surface area (Å²) in [6.07, 6.45) is 0. The maximum absolute atomic E-state index is 13.0. The van der Waals surface area contributed by atoms with E-state index in [9.17, 15) is 20.2 Å². The Labute approximate surface area is 226 Å². The van der Waals surface area contributed by atoms with Crippen LogP contribution in [0.5, 0.6) is 0 Å². The topological polar surface area (TPSA) is 109 Å². The van der Waals surface area contributed by atoms with Crippen LogP contribution in [-0.2, 0) is 4.79 Å². The standard InChI is InChI=1S/C28H21BrN4O3S/c1-17-8-13-22(14-26(17)33(35)36)31-27(34)18(2)37-28-24(16-30)23(19-6-4-3-5-7-19)15-25(32-28)20-9-11-21(29)12-10-20/h3-15,18H,1-2H3,(H,31,34)/t18-/m0/s1. The van der Waals surface area contributed by atoms with E-state index in [0.29, 0.717) is 27.5 Å². The number of nitro benzene ring substituents is 1. The molecule has 0 aliphatic heterocycles. The summed E-state index contributed by atoms with van der Waals surface area (Å²) in [6.45, 7) is 3.35. The van der Waals surface area contributed by atoms with Gasteiger partial charge in [-0.2, -0.15) is 5.26 Å². The summed E-state index contributed by atoms with van der Waals surface area (Å²) in [4.78, 5) is 28.6. The first-order chi connectivity index (χ1) is 17.8. The molecule has 0 radical (unpaired) electrons. The Morgan fingerprint density at radius 1 is 1.08 bits per heavy atom. The SMILES string of the molecule is Cc1ccc(NC(=O)[C@H](C)Sc2nc(-c3ccc(Br)cc3)cc(-c3ccccc3)c2C#N)cc1[N+](=O)[O-]. The average Bonchev–Trinajstić information content (AvgIpc) is 2.90. The number of carbonyl (C=O) groups is 1. The van der Waals surface area contributed by atoms with E-state index in [1.807, 2.05) is 60.7 Å². The van der Waals surface area contributed by atoms with Crippen LogP contribution in [0.4, 0.5) is 11.4 Å². The van der Waals surface area contributed by atoms with Gasteiger partial charge in [0.15, 0.2) is 0 Å². The zero-order chi connectivity index (χ0) is 26.5. The van der Waals surface area contributed by atoms with E-state index in [1.54, 1.807) is 26.0 Å². The number of aromatic nitrogens is 1. The molecule has 1 N–H and O–H groups in total. The molecule has 1 aromatic heterocycles. The number of thioether (sulfide) groups is 1. The Morgan fingerprint density at radius 3 is 2.43 bits per heavy atom. The minimum atomic E-state index is -0.635. The van der Waals surface area contributed by atoms with Crippen molar-refractivity contribution in [1.29, 1.82) is 5.26 Å². The van der Waals surface area contributed by atoms with Gasteiger partial charge in [-0.05, 0) is 43.7 Å². The fourth-order valence-corrected chi connectivity index (χ4v) is 4.87. The minimum absolute atomic E-state index is 0.0683. The van der Waals surface area contributed by atoms with Crippen LogP contribution in [0.2, 0.25) is 0 Å². The Bertz CT molecular complexity index is 1520. The molecule has 0 fully saturated rings. The number of nitro groups is 1. The summed E-state index contributed by atoms with van der Waals surface area (Å²) in [7, 11) is 0. The fourth-order valence-electron chi connectivity index (χ4n) is 3.68. The molecular weight excluding hydrogens is 552 g/mol. The Balaban J connectivity index is 1.70. The average molecular weight is 573 g/mol. The van der Waals surface area contributed by atoms with E-state index in [2.05, 4.69) is 27.3 Å². The molecule has 3 aromatic carbocycles. The van der Waals surface area contributed by atoms with Crippen LogP contribution in [0, 0.1) is 28.4 Å². The highest BCUT2D eigenvalue weighted by atomic mass is 79.9. The highest BCUT2D eigenvalue weighted by molar-refractivity contribution is 9.10. The number of rotatable bonds is 7. The van der Waals surface area contributed by atoms with Crippen LogP contribution >= 0.6 is 27.7 Å². The van der Waals surface area contributed by atoms with Gasteiger partial charge in [-0.1, -0.05) is 76.2 Å². The van der Waals surface area contributed by atoms with Gasteiger partial charge in [0.1, 0.15) is 11.1 Å². The molecule has 4 aromatic rings. The van der Waals surface area contributed by atoms with Crippen molar-refractivity contribution in [2.45, 2.75) is 24.1 Å². The van der Waals surface area contributed by atoms with Crippen molar-refractivity contribution in [2.24, 2.45) is 0 Å². The number of benzene rings is 3. The van der Waals surface area contributed by atoms with Crippen LogP contribution in [-0.4, -0.2) is 21.1 Å². The Kier molecular flexibility index (Phi) is 8.01. The molecule has 0 aliphatic rings. The summed E-state index contributed by atoms with van der Waals surface area (Å²) < 4.78 is 0.935. The Hall–Kier alpha value is -4.00. The third-order valence-corrected chi connectivity index (χ3v) is 7.27.